The fourth-order valence-electron chi connectivity index (χ4n) is 1.50. The van der Waals surface area contributed by atoms with Crippen LogP contribution in [0.3, 0.4) is 0 Å². The average Bonchev–Trinajstić information content (AvgIpc) is 2.91. The first-order chi connectivity index (χ1) is 6.59. The molecule has 1 aliphatic carbocycles. The van der Waals surface area contributed by atoms with Gasteiger partial charge in [0.15, 0.2) is 0 Å². The van der Waals surface area contributed by atoms with Gasteiger partial charge in [0.25, 0.3) is 0 Å². The van der Waals surface area contributed by atoms with Crippen molar-refractivity contribution in [3.63, 3.8) is 0 Å². The Morgan fingerprint density at radius 3 is 2.43 bits per heavy atom. The third kappa shape index (κ3) is 1.52. The number of aromatic nitrogens is 2. The number of hydrogen-bond acceptors (Lipinski definition) is 4. The molecule has 0 bridgehead atoms. The van der Waals surface area contributed by atoms with Crippen LogP contribution in [0.1, 0.15) is 30.1 Å². The molecule has 0 atom stereocenters. The third-order valence-corrected chi connectivity index (χ3v) is 2.54. The number of nitrogens with two attached hydrogens (primary N) is 1. The summed E-state index contributed by atoms with van der Waals surface area (Å²) in [6, 6.07) is 0. The highest BCUT2D eigenvalue weighted by Crippen LogP contribution is 2.39. The van der Waals surface area contributed by atoms with Crippen LogP contribution in [0.15, 0.2) is 0 Å². The molecule has 0 unspecified atom stereocenters. The van der Waals surface area contributed by atoms with E-state index in [4.69, 9.17) is 5.73 Å². The molecular weight excluding hydrogens is 176 g/mol. The van der Waals surface area contributed by atoms with Gasteiger partial charge < -0.3 is 10.6 Å². The lowest BCUT2D eigenvalue weighted by molar-refractivity contribution is 0.900. The number of rotatable bonds is 2. The van der Waals surface area contributed by atoms with Crippen LogP contribution in [0.5, 0.6) is 0 Å². The normalized spacial score (nSPS) is 15.6. The maximum absolute atomic E-state index is 5.85. The summed E-state index contributed by atoms with van der Waals surface area (Å²) >= 11 is 0. The molecule has 1 heterocycles. The van der Waals surface area contributed by atoms with Gasteiger partial charge in [-0.15, -0.1) is 0 Å². The molecule has 4 heteroatoms. The molecule has 1 aromatic rings. The minimum absolute atomic E-state index is 0.552. The van der Waals surface area contributed by atoms with Crippen molar-refractivity contribution in [2.24, 2.45) is 0 Å². The summed E-state index contributed by atoms with van der Waals surface area (Å²) in [4.78, 5) is 10.8. The van der Waals surface area contributed by atoms with Gasteiger partial charge in [0.2, 0.25) is 0 Å². The summed E-state index contributed by atoms with van der Waals surface area (Å²) in [7, 11) is 3.96. The summed E-state index contributed by atoms with van der Waals surface area (Å²) in [5.74, 6) is 3.03. The van der Waals surface area contributed by atoms with E-state index in [0.717, 1.165) is 17.2 Å². The lowest BCUT2D eigenvalue weighted by Gasteiger charge is -2.16. The molecule has 0 aliphatic heterocycles. The van der Waals surface area contributed by atoms with E-state index in [1.807, 2.05) is 25.9 Å². The van der Waals surface area contributed by atoms with Crippen molar-refractivity contribution in [1.29, 1.82) is 0 Å². The SMILES string of the molecule is Cc1c(N)nc(C2CC2)nc1N(C)C. The zero-order chi connectivity index (χ0) is 10.3. The largest absolute Gasteiger partial charge is 0.383 e. The van der Waals surface area contributed by atoms with Crippen LogP contribution in [0, 0.1) is 6.92 Å². The van der Waals surface area contributed by atoms with Crippen LogP contribution in [-0.2, 0) is 0 Å². The Balaban J connectivity index is 2.46. The summed E-state index contributed by atoms with van der Waals surface area (Å²) in [5, 5.41) is 0. The van der Waals surface area contributed by atoms with E-state index in [1.54, 1.807) is 0 Å². The van der Waals surface area contributed by atoms with Gasteiger partial charge >= 0.3 is 0 Å². The molecule has 14 heavy (non-hydrogen) atoms. The molecule has 0 saturated heterocycles. The van der Waals surface area contributed by atoms with Crippen LogP contribution < -0.4 is 10.6 Å². The molecule has 1 saturated carbocycles. The average molecular weight is 192 g/mol. The summed E-state index contributed by atoms with van der Waals surface area (Å²) in [6.07, 6.45) is 2.41. The van der Waals surface area contributed by atoms with Gasteiger partial charge in [-0.3, -0.25) is 0 Å². The summed E-state index contributed by atoms with van der Waals surface area (Å²) in [6.45, 7) is 1.96. The maximum Gasteiger partial charge on any atom is 0.136 e. The van der Waals surface area contributed by atoms with Crippen LogP contribution in [0.4, 0.5) is 11.6 Å². The number of anilines is 2. The number of hydrogen-bond donors (Lipinski definition) is 1. The second-order valence-electron chi connectivity index (χ2n) is 4.08. The lowest BCUT2D eigenvalue weighted by atomic mass is 10.3. The van der Waals surface area contributed by atoms with Crippen LogP contribution >= 0.6 is 0 Å². The molecule has 0 radical (unpaired) electrons. The molecule has 1 aliphatic rings. The zero-order valence-corrected chi connectivity index (χ0v) is 8.91. The van der Waals surface area contributed by atoms with E-state index in [2.05, 4.69) is 9.97 Å². The van der Waals surface area contributed by atoms with E-state index < -0.39 is 0 Å². The Morgan fingerprint density at radius 2 is 1.93 bits per heavy atom. The molecule has 0 amide bonds. The van der Waals surface area contributed by atoms with Crippen molar-refractivity contribution in [1.82, 2.24) is 9.97 Å². The third-order valence-electron chi connectivity index (χ3n) is 2.54. The van der Waals surface area contributed by atoms with Crippen molar-refractivity contribution >= 4 is 11.6 Å². The van der Waals surface area contributed by atoms with Gasteiger partial charge in [-0.1, -0.05) is 0 Å². The van der Waals surface area contributed by atoms with Gasteiger partial charge in [0, 0.05) is 25.6 Å². The van der Waals surface area contributed by atoms with Crippen molar-refractivity contribution < 1.29 is 0 Å². The first kappa shape index (κ1) is 9.24. The second-order valence-corrected chi connectivity index (χ2v) is 4.08. The highest BCUT2D eigenvalue weighted by Gasteiger charge is 2.28. The van der Waals surface area contributed by atoms with Gasteiger partial charge in [-0.05, 0) is 19.8 Å². The molecule has 0 spiro atoms. The molecular formula is C10H16N4. The predicted molar refractivity (Wildman–Crippen MR) is 57.5 cm³/mol. The molecule has 2 rings (SSSR count). The fraction of sp³-hybridized carbons (Fsp3) is 0.600. The van der Waals surface area contributed by atoms with E-state index in [1.165, 1.54) is 12.8 Å². The van der Waals surface area contributed by atoms with Gasteiger partial charge in [-0.2, -0.15) is 0 Å². The Hall–Kier alpha value is -1.32. The Morgan fingerprint density at radius 1 is 1.29 bits per heavy atom. The summed E-state index contributed by atoms with van der Waals surface area (Å²) in [5.41, 5.74) is 6.82. The monoisotopic (exact) mass is 192 g/mol. The summed E-state index contributed by atoms with van der Waals surface area (Å²) < 4.78 is 0. The van der Waals surface area contributed by atoms with Crippen LogP contribution in [0.25, 0.3) is 0 Å². The topological polar surface area (TPSA) is 55.0 Å². The lowest BCUT2D eigenvalue weighted by Crippen LogP contribution is -2.15. The number of nitrogens with zero attached hydrogens (tertiary/aromatic N) is 3. The maximum atomic E-state index is 5.85. The highest BCUT2D eigenvalue weighted by atomic mass is 15.2. The van der Waals surface area contributed by atoms with E-state index in [0.29, 0.717) is 11.7 Å². The Bertz CT molecular complexity index is 355. The standard InChI is InChI=1S/C10H16N4/c1-6-8(11)12-9(7-4-5-7)13-10(6)14(2)3/h7H,4-5H2,1-3H3,(H2,11,12,13). The first-order valence-electron chi connectivity index (χ1n) is 4.91. The molecule has 1 fully saturated rings. The van der Waals surface area contributed by atoms with Crippen molar-refractivity contribution in [3.05, 3.63) is 11.4 Å². The smallest absolute Gasteiger partial charge is 0.136 e. The molecule has 1 aromatic heterocycles. The molecule has 4 nitrogen and oxygen atoms in total. The Labute approximate surface area is 84.2 Å². The number of nitrogen functional groups attached to an aromatic ring is 1. The van der Waals surface area contributed by atoms with E-state index in [9.17, 15) is 0 Å². The van der Waals surface area contributed by atoms with Gasteiger partial charge in [-0.25, -0.2) is 9.97 Å². The highest BCUT2D eigenvalue weighted by molar-refractivity contribution is 5.56. The van der Waals surface area contributed by atoms with Crippen molar-refractivity contribution in [2.45, 2.75) is 25.7 Å². The first-order valence-corrected chi connectivity index (χ1v) is 4.91. The van der Waals surface area contributed by atoms with Crippen LogP contribution in [0.2, 0.25) is 0 Å². The van der Waals surface area contributed by atoms with Crippen molar-refractivity contribution in [3.8, 4) is 0 Å². The molecule has 2 N–H and O–H groups in total. The van der Waals surface area contributed by atoms with E-state index >= 15 is 0 Å². The predicted octanol–water partition coefficient (Wildman–Crippen LogP) is 1.31. The quantitative estimate of drug-likeness (QED) is 0.767. The van der Waals surface area contributed by atoms with Gasteiger partial charge in [0.05, 0.1) is 0 Å². The fourth-order valence-corrected chi connectivity index (χ4v) is 1.50. The van der Waals surface area contributed by atoms with Gasteiger partial charge in [0.1, 0.15) is 17.5 Å². The minimum atomic E-state index is 0.552. The second kappa shape index (κ2) is 3.12. The zero-order valence-electron chi connectivity index (χ0n) is 8.91. The Kier molecular flexibility index (Phi) is 2.06. The minimum Gasteiger partial charge on any atom is -0.383 e. The van der Waals surface area contributed by atoms with E-state index in [-0.39, 0.29) is 0 Å². The molecule has 0 aromatic carbocycles. The van der Waals surface area contributed by atoms with Crippen LogP contribution in [-0.4, -0.2) is 24.1 Å². The van der Waals surface area contributed by atoms with Crippen molar-refractivity contribution in [2.75, 3.05) is 24.7 Å². The molecule has 76 valence electrons.